The monoisotopic (exact) mass is 230 g/mol. The third-order valence-corrected chi connectivity index (χ3v) is 3.06. The molecule has 0 aliphatic heterocycles. The van der Waals surface area contributed by atoms with E-state index in [1.54, 1.807) is 0 Å². The van der Waals surface area contributed by atoms with Gasteiger partial charge in [0.2, 0.25) is 0 Å². The summed E-state index contributed by atoms with van der Waals surface area (Å²) < 4.78 is 0. The lowest BCUT2D eigenvalue weighted by atomic mass is 10.0. The summed E-state index contributed by atoms with van der Waals surface area (Å²) in [5.74, 6) is 0. The average Bonchev–Trinajstić information content (AvgIpc) is 2.27. The maximum atomic E-state index is 8.75. The fourth-order valence-corrected chi connectivity index (χ4v) is 2.14. The van der Waals surface area contributed by atoms with Gasteiger partial charge in [-0.2, -0.15) is 5.26 Å². The Morgan fingerprint density at radius 1 is 1.24 bits per heavy atom. The minimum atomic E-state index is 0.288. The van der Waals surface area contributed by atoms with Crippen LogP contribution in [0.25, 0.3) is 0 Å². The van der Waals surface area contributed by atoms with Crippen molar-refractivity contribution in [3.05, 3.63) is 34.9 Å². The van der Waals surface area contributed by atoms with Crippen LogP contribution in [0.2, 0.25) is 0 Å². The summed E-state index contributed by atoms with van der Waals surface area (Å²) in [5, 5.41) is 12.3. The van der Waals surface area contributed by atoms with E-state index in [1.807, 2.05) is 0 Å². The predicted octanol–water partition coefficient (Wildman–Crippen LogP) is 3.65. The first-order valence-corrected chi connectivity index (χ1v) is 6.28. The molecule has 2 unspecified atom stereocenters. The Labute approximate surface area is 105 Å². The molecule has 0 aliphatic rings. The quantitative estimate of drug-likeness (QED) is 0.838. The molecule has 2 nitrogen and oxygen atoms in total. The summed E-state index contributed by atoms with van der Waals surface area (Å²) in [6.07, 6.45) is 1.56. The van der Waals surface area contributed by atoms with Gasteiger partial charge in [-0.15, -0.1) is 0 Å². The van der Waals surface area contributed by atoms with Crippen LogP contribution >= 0.6 is 0 Å². The van der Waals surface area contributed by atoms with Gasteiger partial charge in [0.05, 0.1) is 12.5 Å². The molecule has 1 aromatic carbocycles. The van der Waals surface area contributed by atoms with Gasteiger partial charge in [-0.1, -0.05) is 36.2 Å². The molecule has 0 spiro atoms. The molecule has 0 aromatic heterocycles. The van der Waals surface area contributed by atoms with E-state index in [4.69, 9.17) is 5.26 Å². The molecule has 0 saturated carbocycles. The largest absolute Gasteiger partial charge is 0.306 e. The molecule has 1 N–H and O–H groups in total. The molecule has 2 atom stereocenters. The van der Waals surface area contributed by atoms with E-state index in [-0.39, 0.29) is 6.04 Å². The molecule has 17 heavy (non-hydrogen) atoms. The van der Waals surface area contributed by atoms with Crippen LogP contribution in [0, 0.1) is 25.2 Å². The van der Waals surface area contributed by atoms with Crippen LogP contribution in [0.15, 0.2) is 18.2 Å². The summed E-state index contributed by atoms with van der Waals surface area (Å²) in [6, 6.07) is 9.43. The summed E-state index contributed by atoms with van der Waals surface area (Å²) >= 11 is 0. The maximum Gasteiger partial charge on any atom is 0.0638 e. The van der Waals surface area contributed by atoms with Crippen molar-refractivity contribution in [3.8, 4) is 6.07 Å². The topological polar surface area (TPSA) is 35.8 Å². The molecule has 92 valence electrons. The second kappa shape index (κ2) is 6.42. The standard InChI is InChI=1S/C15H22N2/c1-5-15(6-7-16)17-13(4)14-9-11(2)8-12(3)10-14/h8-10,13,15,17H,5-6H2,1-4H3. The van der Waals surface area contributed by atoms with Gasteiger partial charge in [-0.3, -0.25) is 0 Å². The van der Waals surface area contributed by atoms with Crippen LogP contribution in [-0.2, 0) is 0 Å². The number of benzene rings is 1. The highest BCUT2D eigenvalue weighted by Gasteiger charge is 2.11. The molecule has 0 radical (unpaired) electrons. The van der Waals surface area contributed by atoms with E-state index in [0.29, 0.717) is 12.5 Å². The molecular weight excluding hydrogens is 208 g/mol. The highest BCUT2D eigenvalue weighted by atomic mass is 14.9. The average molecular weight is 230 g/mol. The molecule has 0 fully saturated rings. The fourth-order valence-electron chi connectivity index (χ4n) is 2.14. The number of aryl methyl sites for hydroxylation is 2. The lowest BCUT2D eigenvalue weighted by Crippen LogP contribution is -2.30. The van der Waals surface area contributed by atoms with Crippen LogP contribution in [0.1, 0.15) is 49.4 Å². The highest BCUT2D eigenvalue weighted by molar-refractivity contribution is 5.30. The second-order valence-electron chi connectivity index (χ2n) is 4.78. The third kappa shape index (κ3) is 4.20. The van der Waals surface area contributed by atoms with Crippen LogP contribution < -0.4 is 5.32 Å². The number of nitrogens with one attached hydrogen (secondary N) is 1. The molecule has 0 saturated heterocycles. The summed E-state index contributed by atoms with van der Waals surface area (Å²) in [5.41, 5.74) is 3.89. The Balaban J connectivity index is 2.75. The zero-order valence-corrected chi connectivity index (χ0v) is 11.2. The van der Waals surface area contributed by atoms with Crippen molar-refractivity contribution in [1.82, 2.24) is 5.32 Å². The van der Waals surface area contributed by atoms with E-state index in [1.165, 1.54) is 16.7 Å². The highest BCUT2D eigenvalue weighted by Crippen LogP contribution is 2.18. The smallest absolute Gasteiger partial charge is 0.0638 e. The van der Waals surface area contributed by atoms with Gasteiger partial charge in [0.25, 0.3) is 0 Å². The molecule has 1 rings (SSSR count). The molecule has 0 heterocycles. The van der Waals surface area contributed by atoms with E-state index in [2.05, 4.69) is 57.3 Å². The molecule has 0 bridgehead atoms. The van der Waals surface area contributed by atoms with Gasteiger partial charge in [0.1, 0.15) is 0 Å². The molecular formula is C15H22N2. The van der Waals surface area contributed by atoms with Gasteiger partial charge < -0.3 is 5.32 Å². The van der Waals surface area contributed by atoms with E-state index < -0.39 is 0 Å². The lowest BCUT2D eigenvalue weighted by Gasteiger charge is -2.21. The van der Waals surface area contributed by atoms with Crippen LogP contribution in [0.3, 0.4) is 0 Å². The van der Waals surface area contributed by atoms with Gasteiger partial charge in [-0.25, -0.2) is 0 Å². The summed E-state index contributed by atoms with van der Waals surface area (Å²) in [6.45, 7) is 8.52. The molecule has 0 aliphatic carbocycles. The van der Waals surface area contributed by atoms with Crippen molar-refractivity contribution >= 4 is 0 Å². The summed E-state index contributed by atoms with van der Waals surface area (Å²) in [4.78, 5) is 0. The van der Waals surface area contributed by atoms with Crippen LogP contribution in [0.5, 0.6) is 0 Å². The number of nitriles is 1. The third-order valence-electron chi connectivity index (χ3n) is 3.06. The van der Waals surface area contributed by atoms with E-state index >= 15 is 0 Å². The molecule has 2 heteroatoms. The first-order chi connectivity index (χ1) is 8.06. The van der Waals surface area contributed by atoms with Gasteiger partial charge in [0, 0.05) is 12.1 Å². The van der Waals surface area contributed by atoms with E-state index in [0.717, 1.165) is 6.42 Å². The predicted molar refractivity (Wildman–Crippen MR) is 71.8 cm³/mol. The molecule has 1 aromatic rings. The zero-order valence-electron chi connectivity index (χ0n) is 11.2. The van der Waals surface area contributed by atoms with Crippen LogP contribution in [-0.4, -0.2) is 6.04 Å². The SMILES string of the molecule is CCC(CC#N)NC(C)c1cc(C)cc(C)c1. The Morgan fingerprint density at radius 2 is 1.82 bits per heavy atom. The Hall–Kier alpha value is -1.33. The number of hydrogen-bond donors (Lipinski definition) is 1. The zero-order chi connectivity index (χ0) is 12.8. The minimum Gasteiger partial charge on any atom is -0.306 e. The van der Waals surface area contributed by atoms with Gasteiger partial charge in [-0.05, 0) is 32.8 Å². The normalized spacial score (nSPS) is 14.1. The van der Waals surface area contributed by atoms with Crippen molar-refractivity contribution in [2.45, 2.75) is 52.6 Å². The van der Waals surface area contributed by atoms with Crippen molar-refractivity contribution in [2.24, 2.45) is 0 Å². The van der Waals surface area contributed by atoms with Crippen molar-refractivity contribution in [2.75, 3.05) is 0 Å². The maximum absolute atomic E-state index is 8.75. The summed E-state index contributed by atoms with van der Waals surface area (Å²) in [7, 11) is 0. The number of hydrogen-bond acceptors (Lipinski definition) is 2. The minimum absolute atomic E-state index is 0.288. The lowest BCUT2D eigenvalue weighted by molar-refractivity contribution is 0.447. The van der Waals surface area contributed by atoms with Gasteiger partial charge >= 0.3 is 0 Å². The van der Waals surface area contributed by atoms with Crippen molar-refractivity contribution < 1.29 is 0 Å². The Morgan fingerprint density at radius 3 is 2.29 bits per heavy atom. The number of rotatable bonds is 5. The molecule has 0 amide bonds. The Bertz CT molecular complexity index is 384. The first kappa shape index (κ1) is 13.7. The first-order valence-electron chi connectivity index (χ1n) is 6.28. The van der Waals surface area contributed by atoms with Gasteiger partial charge in [0.15, 0.2) is 0 Å². The fraction of sp³-hybridized carbons (Fsp3) is 0.533. The second-order valence-corrected chi connectivity index (χ2v) is 4.78. The van der Waals surface area contributed by atoms with Crippen LogP contribution in [0.4, 0.5) is 0 Å². The van der Waals surface area contributed by atoms with Crippen molar-refractivity contribution in [3.63, 3.8) is 0 Å². The van der Waals surface area contributed by atoms with E-state index in [9.17, 15) is 0 Å². The number of nitrogens with zero attached hydrogens (tertiary/aromatic N) is 1. The van der Waals surface area contributed by atoms with Crippen molar-refractivity contribution in [1.29, 1.82) is 5.26 Å². The Kier molecular flexibility index (Phi) is 5.18.